The topological polar surface area (TPSA) is 20.2 Å². The van der Waals surface area contributed by atoms with E-state index < -0.39 is 17.7 Å². The molecular formula is C18H20F2O. The third-order valence-corrected chi connectivity index (χ3v) is 4.15. The van der Waals surface area contributed by atoms with Crippen LogP contribution in [-0.4, -0.2) is 5.11 Å². The van der Waals surface area contributed by atoms with Gasteiger partial charge in [0, 0.05) is 0 Å². The van der Waals surface area contributed by atoms with Crippen LogP contribution < -0.4 is 0 Å². The van der Waals surface area contributed by atoms with Crippen molar-refractivity contribution in [3.05, 3.63) is 70.8 Å². The quantitative estimate of drug-likeness (QED) is 0.862. The smallest absolute Gasteiger partial charge is 0.159 e. The Morgan fingerprint density at radius 1 is 0.952 bits per heavy atom. The summed E-state index contributed by atoms with van der Waals surface area (Å²) >= 11 is 0. The summed E-state index contributed by atoms with van der Waals surface area (Å²) in [6.45, 7) is 6.45. The second-order valence-corrected chi connectivity index (χ2v) is 5.94. The van der Waals surface area contributed by atoms with Crippen molar-refractivity contribution in [3.8, 4) is 0 Å². The van der Waals surface area contributed by atoms with E-state index in [0.717, 1.165) is 18.6 Å². The maximum Gasteiger partial charge on any atom is 0.159 e. The van der Waals surface area contributed by atoms with Crippen molar-refractivity contribution in [3.63, 3.8) is 0 Å². The molecule has 0 aliphatic rings. The molecule has 0 fully saturated rings. The Kier molecular flexibility index (Phi) is 4.43. The van der Waals surface area contributed by atoms with Gasteiger partial charge in [0.05, 0.1) is 0 Å². The summed E-state index contributed by atoms with van der Waals surface area (Å²) in [5.41, 5.74) is 2.27. The van der Waals surface area contributed by atoms with Crippen LogP contribution in [0.5, 0.6) is 0 Å². The van der Waals surface area contributed by atoms with Crippen molar-refractivity contribution in [2.45, 2.75) is 38.7 Å². The van der Waals surface area contributed by atoms with Crippen LogP contribution in [0.25, 0.3) is 0 Å². The highest BCUT2D eigenvalue weighted by molar-refractivity contribution is 5.34. The zero-order valence-electron chi connectivity index (χ0n) is 12.5. The summed E-state index contributed by atoms with van der Waals surface area (Å²) in [7, 11) is 0. The Hall–Kier alpha value is -1.74. The molecule has 0 radical (unpaired) electrons. The summed E-state index contributed by atoms with van der Waals surface area (Å²) in [6, 6.07) is 11.1. The number of benzene rings is 2. The molecule has 2 aromatic rings. The fraction of sp³-hybridized carbons (Fsp3) is 0.333. The van der Waals surface area contributed by atoms with Gasteiger partial charge in [0.15, 0.2) is 11.6 Å². The summed E-state index contributed by atoms with van der Waals surface area (Å²) in [5.74, 6) is -1.86. The lowest BCUT2D eigenvalue weighted by atomic mass is 9.81. The van der Waals surface area contributed by atoms with Crippen molar-refractivity contribution in [2.24, 2.45) is 0 Å². The Balaban J connectivity index is 2.27. The highest BCUT2D eigenvalue weighted by Gasteiger charge is 2.19. The monoisotopic (exact) mass is 290 g/mol. The molecule has 0 saturated carbocycles. The minimum Gasteiger partial charge on any atom is -0.384 e. The van der Waals surface area contributed by atoms with Crippen molar-refractivity contribution in [1.82, 2.24) is 0 Å². The van der Waals surface area contributed by atoms with E-state index in [0.29, 0.717) is 11.1 Å². The predicted octanol–water partition coefficient (Wildman–Crippen LogP) is 4.73. The second kappa shape index (κ2) is 5.94. The number of rotatable bonds is 4. The van der Waals surface area contributed by atoms with Gasteiger partial charge in [-0.25, -0.2) is 8.78 Å². The molecule has 1 atom stereocenters. The van der Waals surface area contributed by atoms with E-state index in [1.165, 1.54) is 11.6 Å². The van der Waals surface area contributed by atoms with Gasteiger partial charge < -0.3 is 5.11 Å². The maximum absolute atomic E-state index is 13.2. The van der Waals surface area contributed by atoms with Gasteiger partial charge in [0.25, 0.3) is 0 Å². The Labute approximate surface area is 124 Å². The molecule has 21 heavy (non-hydrogen) atoms. The molecule has 2 aromatic carbocycles. The molecule has 3 heteroatoms. The summed E-state index contributed by atoms with van der Waals surface area (Å²) in [6.07, 6.45) is 0.0526. The van der Waals surface area contributed by atoms with Gasteiger partial charge in [-0.15, -0.1) is 0 Å². The minimum absolute atomic E-state index is 0.0749. The maximum atomic E-state index is 13.2. The highest BCUT2D eigenvalue weighted by atomic mass is 19.2. The summed E-state index contributed by atoms with van der Waals surface area (Å²) in [4.78, 5) is 0. The molecule has 0 heterocycles. The predicted molar refractivity (Wildman–Crippen MR) is 80.2 cm³/mol. The van der Waals surface area contributed by atoms with Gasteiger partial charge in [-0.2, -0.15) is 0 Å². The Morgan fingerprint density at radius 3 is 2.05 bits per heavy atom. The largest absolute Gasteiger partial charge is 0.384 e. The lowest BCUT2D eigenvalue weighted by Crippen LogP contribution is -2.15. The van der Waals surface area contributed by atoms with E-state index in [9.17, 15) is 13.9 Å². The number of hydrogen-bond acceptors (Lipinski definition) is 1. The first-order valence-corrected chi connectivity index (χ1v) is 7.08. The van der Waals surface area contributed by atoms with Crippen LogP contribution in [0.2, 0.25) is 0 Å². The van der Waals surface area contributed by atoms with Crippen molar-refractivity contribution >= 4 is 0 Å². The van der Waals surface area contributed by atoms with E-state index in [1.807, 2.05) is 24.3 Å². The van der Waals surface area contributed by atoms with Gasteiger partial charge in [-0.3, -0.25) is 0 Å². The average Bonchev–Trinajstić information content (AvgIpc) is 2.49. The van der Waals surface area contributed by atoms with E-state index in [2.05, 4.69) is 20.8 Å². The average molecular weight is 290 g/mol. The minimum atomic E-state index is -0.959. The van der Waals surface area contributed by atoms with Crippen LogP contribution in [0.1, 0.15) is 50.0 Å². The molecule has 112 valence electrons. The first-order chi connectivity index (χ1) is 9.85. The lowest BCUT2D eigenvalue weighted by molar-refractivity contribution is 0.219. The van der Waals surface area contributed by atoms with Crippen LogP contribution >= 0.6 is 0 Å². The normalized spacial score (nSPS) is 13.2. The molecule has 1 unspecified atom stereocenters. The fourth-order valence-electron chi connectivity index (χ4n) is 2.20. The molecule has 0 bridgehead atoms. The number of hydrogen-bond donors (Lipinski definition) is 1. The molecule has 2 rings (SSSR count). The third-order valence-electron chi connectivity index (χ3n) is 4.15. The highest BCUT2D eigenvalue weighted by Crippen LogP contribution is 2.29. The zero-order chi connectivity index (χ0) is 15.6. The van der Waals surface area contributed by atoms with Gasteiger partial charge in [-0.1, -0.05) is 51.1 Å². The summed E-state index contributed by atoms with van der Waals surface area (Å²) in [5, 5.41) is 10.3. The molecule has 0 amide bonds. The standard InChI is InChI=1S/C18H20F2O/c1-4-18(2,3)14-8-5-12(6-9-14)17(21)13-7-10-15(19)16(20)11-13/h5-11,17,21H,4H2,1-3H3. The van der Waals surface area contributed by atoms with Crippen molar-refractivity contribution < 1.29 is 13.9 Å². The zero-order valence-corrected chi connectivity index (χ0v) is 12.5. The van der Waals surface area contributed by atoms with E-state index >= 15 is 0 Å². The van der Waals surface area contributed by atoms with Crippen LogP contribution in [0.4, 0.5) is 8.78 Å². The molecule has 0 aliphatic heterocycles. The molecule has 0 aromatic heterocycles. The third kappa shape index (κ3) is 3.30. The first-order valence-electron chi connectivity index (χ1n) is 7.08. The van der Waals surface area contributed by atoms with E-state index in [4.69, 9.17) is 0 Å². The van der Waals surface area contributed by atoms with Crippen molar-refractivity contribution in [1.29, 1.82) is 0 Å². The van der Waals surface area contributed by atoms with Gasteiger partial charge in [0.2, 0.25) is 0 Å². The molecule has 1 N–H and O–H groups in total. The van der Waals surface area contributed by atoms with Crippen LogP contribution in [0, 0.1) is 11.6 Å². The van der Waals surface area contributed by atoms with Crippen LogP contribution in [-0.2, 0) is 5.41 Å². The van der Waals surface area contributed by atoms with Crippen molar-refractivity contribution in [2.75, 3.05) is 0 Å². The number of halogens is 2. The lowest BCUT2D eigenvalue weighted by Gasteiger charge is -2.24. The molecule has 0 saturated heterocycles. The van der Waals surface area contributed by atoms with Gasteiger partial charge in [0.1, 0.15) is 6.10 Å². The Morgan fingerprint density at radius 2 is 1.52 bits per heavy atom. The summed E-state index contributed by atoms with van der Waals surface area (Å²) < 4.78 is 26.2. The molecular weight excluding hydrogens is 270 g/mol. The van der Waals surface area contributed by atoms with Crippen LogP contribution in [0.3, 0.4) is 0 Å². The molecule has 0 aliphatic carbocycles. The SMILES string of the molecule is CCC(C)(C)c1ccc(C(O)c2ccc(F)c(F)c2)cc1. The van der Waals surface area contributed by atoms with E-state index in [1.54, 1.807) is 0 Å². The van der Waals surface area contributed by atoms with Gasteiger partial charge in [-0.05, 0) is 40.7 Å². The molecule has 0 spiro atoms. The molecule has 1 nitrogen and oxygen atoms in total. The fourth-order valence-corrected chi connectivity index (χ4v) is 2.20. The van der Waals surface area contributed by atoms with E-state index in [-0.39, 0.29) is 5.41 Å². The number of aliphatic hydroxyl groups excluding tert-OH is 1. The van der Waals surface area contributed by atoms with Crippen LogP contribution in [0.15, 0.2) is 42.5 Å². The number of aliphatic hydroxyl groups is 1. The first kappa shape index (κ1) is 15.6. The second-order valence-electron chi connectivity index (χ2n) is 5.94. The Bertz CT molecular complexity index is 618. The van der Waals surface area contributed by atoms with Gasteiger partial charge >= 0.3 is 0 Å².